The van der Waals surface area contributed by atoms with Crippen LogP contribution in [0.3, 0.4) is 0 Å². The van der Waals surface area contributed by atoms with E-state index in [1.165, 1.54) is 0 Å². The molecule has 0 spiro atoms. The number of allylic oxidation sites excluding steroid dienone is 2. The zero-order valence-corrected chi connectivity index (χ0v) is 17.9. The van der Waals surface area contributed by atoms with Crippen molar-refractivity contribution in [3.63, 3.8) is 0 Å². The second-order valence-electron chi connectivity index (χ2n) is 7.03. The first-order chi connectivity index (χ1) is 16.5. The molecular weight excluding hydrogens is 610 g/mol. The molecule has 0 aliphatic rings. The molecule has 0 bridgehead atoms. The largest absolute Gasteiger partial charge is 0.687 e. The Labute approximate surface area is 198 Å². The lowest BCUT2D eigenvalue weighted by molar-refractivity contribution is -0.429. The molecule has 1 aromatic rings. The monoisotopic (exact) mass is 616 g/mol. The molecule has 0 N–H and O–H groups in total. The first kappa shape index (κ1) is 33.9. The molecule has 220 valence electrons. The van der Waals surface area contributed by atoms with Crippen LogP contribution in [0.5, 0.6) is 5.75 Å². The number of hydrogen-bond donors (Lipinski definition) is 0. The second-order valence-corrected chi connectivity index (χ2v) is 8.57. The van der Waals surface area contributed by atoms with Crippen molar-refractivity contribution < 1.29 is 94.1 Å². The Kier molecular flexibility index (Phi) is 8.75. The smallest absolute Gasteiger partial charge is 0.471 e. The van der Waals surface area contributed by atoms with Crippen molar-refractivity contribution in [3.05, 3.63) is 41.5 Å². The molecule has 0 aliphatic carbocycles. The van der Waals surface area contributed by atoms with Gasteiger partial charge in [-0.25, -0.2) is 8.78 Å². The number of alkyl halides is 15. The fraction of sp³-hybridized carbons (Fsp3) is 0.500. The minimum Gasteiger partial charge on any atom is -0.687 e. The lowest BCUT2D eigenvalue weighted by Crippen LogP contribution is -2.68. The van der Waals surface area contributed by atoms with Gasteiger partial charge in [0.05, 0.1) is 6.16 Å². The molecule has 0 radical (unpaired) electrons. The van der Waals surface area contributed by atoms with E-state index in [2.05, 4.69) is 4.74 Å². The SMILES string of the molecule is [O-][P+]([O-])([O-])Cc1ccc(OC(F)(F)C(F)(F)C(F)(F)C(F)(F)C(F)(F)/C(F)=C(\F)C(F)(F)C(F)(F)F)cc1. The molecule has 0 aliphatic heterocycles. The van der Waals surface area contributed by atoms with E-state index < -0.39 is 79.0 Å². The van der Waals surface area contributed by atoms with Gasteiger partial charge in [-0.15, -0.1) is 0 Å². The Morgan fingerprint density at radius 3 is 1.37 bits per heavy atom. The molecule has 38 heavy (non-hydrogen) atoms. The summed E-state index contributed by atoms with van der Waals surface area (Å²) in [7, 11) is -5.30. The molecule has 0 aromatic heterocycles. The normalized spacial score (nSPS) is 15.9. The van der Waals surface area contributed by atoms with Crippen LogP contribution < -0.4 is 19.4 Å². The Morgan fingerprint density at radius 2 is 1.00 bits per heavy atom. The molecule has 0 amide bonds. The van der Waals surface area contributed by atoms with Gasteiger partial charge >= 0.3 is 41.9 Å². The van der Waals surface area contributed by atoms with E-state index in [0.717, 1.165) is 0 Å². The molecule has 0 saturated carbocycles. The molecule has 1 rings (SSSR count). The maximum atomic E-state index is 13.8. The van der Waals surface area contributed by atoms with Gasteiger partial charge in [-0.2, -0.15) is 73.8 Å². The first-order valence-electron chi connectivity index (χ1n) is 8.66. The third-order valence-electron chi connectivity index (χ3n) is 4.19. The molecule has 0 heterocycles. The molecule has 0 atom stereocenters. The highest BCUT2D eigenvalue weighted by atomic mass is 31.2. The third kappa shape index (κ3) is 5.89. The number of hydrogen-bond acceptors (Lipinski definition) is 4. The Balaban J connectivity index is 3.48. The summed E-state index contributed by atoms with van der Waals surface area (Å²) >= 11 is 0. The van der Waals surface area contributed by atoms with Crippen LogP contribution in [0, 0.1) is 0 Å². The van der Waals surface area contributed by atoms with Crippen molar-refractivity contribution >= 4 is 7.94 Å². The van der Waals surface area contributed by atoms with E-state index in [9.17, 15) is 89.3 Å². The molecule has 0 fully saturated rings. The summed E-state index contributed by atoms with van der Waals surface area (Å²) in [4.78, 5) is 31.7. The van der Waals surface area contributed by atoms with E-state index in [0.29, 0.717) is 12.1 Å². The molecule has 0 saturated heterocycles. The average molecular weight is 616 g/mol. The first-order valence-corrected chi connectivity index (χ1v) is 10.4. The van der Waals surface area contributed by atoms with Crippen LogP contribution in [0.25, 0.3) is 0 Å². The zero-order chi connectivity index (χ0) is 30.6. The lowest BCUT2D eigenvalue weighted by Gasteiger charge is -2.42. The number of ether oxygens (including phenoxy) is 1. The van der Waals surface area contributed by atoms with E-state index in [4.69, 9.17) is 0 Å². The van der Waals surface area contributed by atoms with E-state index in [-0.39, 0.29) is 12.1 Å². The third-order valence-corrected chi connectivity index (χ3v) is 4.95. The summed E-state index contributed by atoms with van der Waals surface area (Å²) in [5.41, 5.74) is -0.544. The highest BCUT2D eigenvalue weighted by Crippen LogP contribution is 2.60. The molecule has 4 nitrogen and oxygen atoms in total. The van der Waals surface area contributed by atoms with E-state index >= 15 is 0 Å². The summed E-state index contributed by atoms with van der Waals surface area (Å²) < 4.78 is 227. The number of halogens is 17. The quantitative estimate of drug-likeness (QED) is 0.277. The Hall–Kier alpha value is -2.12. The van der Waals surface area contributed by atoms with Crippen LogP contribution in [0.2, 0.25) is 0 Å². The van der Waals surface area contributed by atoms with Gasteiger partial charge < -0.3 is 19.4 Å². The standard InChI is InChI=1S/C16H8F17O4P/c17-8(9(18)11(21,22)15(29,30)31)10(19,20)12(23,24)13(25,26)14(27,28)16(32,33)37-7-3-1-6(2-4-7)5-38(34,35)36/h1-4H,5H2,(H2,34,35,36)/p-2/b9-8+. The van der Waals surface area contributed by atoms with Gasteiger partial charge in [-0.1, -0.05) is 12.1 Å². The molecular formula is C16H6F17O4P-2. The fourth-order valence-corrected chi connectivity index (χ4v) is 2.87. The fourth-order valence-electron chi connectivity index (χ4n) is 2.21. The highest BCUT2D eigenvalue weighted by Gasteiger charge is 2.89. The van der Waals surface area contributed by atoms with Crippen LogP contribution in [-0.4, -0.2) is 41.9 Å². The van der Waals surface area contributed by atoms with Gasteiger partial charge in [0.15, 0.2) is 0 Å². The molecule has 0 unspecified atom stereocenters. The molecule has 1 aromatic carbocycles. The van der Waals surface area contributed by atoms with Gasteiger partial charge in [0.25, 0.3) is 0 Å². The van der Waals surface area contributed by atoms with Crippen LogP contribution >= 0.6 is 7.94 Å². The van der Waals surface area contributed by atoms with Crippen molar-refractivity contribution in [1.29, 1.82) is 0 Å². The van der Waals surface area contributed by atoms with Crippen LogP contribution in [0.15, 0.2) is 35.9 Å². The van der Waals surface area contributed by atoms with Gasteiger partial charge in [0.2, 0.25) is 11.7 Å². The minimum absolute atomic E-state index is 0.0663. The van der Waals surface area contributed by atoms with E-state index in [1.54, 1.807) is 0 Å². The van der Waals surface area contributed by atoms with Crippen molar-refractivity contribution in [2.45, 2.75) is 48.1 Å². The van der Waals surface area contributed by atoms with E-state index in [1.807, 2.05) is 0 Å². The van der Waals surface area contributed by atoms with Crippen molar-refractivity contribution in [2.24, 2.45) is 0 Å². The van der Waals surface area contributed by atoms with Gasteiger partial charge in [0, 0.05) is 0 Å². The predicted octanol–water partition coefficient (Wildman–Crippen LogP) is 4.89. The Bertz CT molecular complexity index is 1030. The van der Waals surface area contributed by atoms with Crippen molar-refractivity contribution in [3.8, 4) is 5.75 Å². The number of rotatable bonds is 10. The zero-order valence-electron chi connectivity index (χ0n) is 17.0. The average Bonchev–Trinajstić information content (AvgIpc) is 2.71. The predicted molar refractivity (Wildman–Crippen MR) is 82.7 cm³/mol. The van der Waals surface area contributed by atoms with Gasteiger partial charge in [-0.05, 0) is 17.7 Å². The maximum Gasteiger partial charge on any atom is 0.471 e. The van der Waals surface area contributed by atoms with Crippen LogP contribution in [0.1, 0.15) is 5.56 Å². The summed E-state index contributed by atoms with van der Waals surface area (Å²) in [5, 5.41) is 0. The second kappa shape index (κ2) is 9.81. The topological polar surface area (TPSA) is 78.4 Å². The van der Waals surface area contributed by atoms with Crippen LogP contribution in [-0.2, 0) is 6.16 Å². The van der Waals surface area contributed by atoms with Gasteiger partial charge in [-0.3, -0.25) is 0 Å². The lowest BCUT2D eigenvalue weighted by atomic mass is 9.96. The molecule has 22 heteroatoms. The van der Waals surface area contributed by atoms with Crippen molar-refractivity contribution in [2.75, 3.05) is 0 Å². The maximum absolute atomic E-state index is 13.8. The summed E-state index contributed by atoms with van der Waals surface area (Å²) in [6.07, 6.45) is -15.7. The highest BCUT2D eigenvalue weighted by molar-refractivity contribution is 7.53. The number of benzene rings is 1. The minimum atomic E-state index is -8.34. The van der Waals surface area contributed by atoms with Crippen molar-refractivity contribution in [1.82, 2.24) is 0 Å². The summed E-state index contributed by atoms with van der Waals surface area (Å²) in [5.74, 6) is -52.1. The summed E-state index contributed by atoms with van der Waals surface area (Å²) in [6.45, 7) is 0. The summed E-state index contributed by atoms with van der Waals surface area (Å²) in [6, 6.07) is 0.876. The van der Waals surface area contributed by atoms with Crippen LogP contribution in [0.4, 0.5) is 74.6 Å². The van der Waals surface area contributed by atoms with Gasteiger partial charge in [0.1, 0.15) is 5.75 Å². The Morgan fingerprint density at radius 1 is 0.605 bits per heavy atom.